The summed E-state index contributed by atoms with van der Waals surface area (Å²) in [6.07, 6.45) is 0. The van der Waals surface area contributed by atoms with Crippen LogP contribution in [0, 0.1) is 10.1 Å². The first-order valence-corrected chi connectivity index (χ1v) is 6.62. The molecule has 3 rings (SSSR count). The highest BCUT2D eigenvalue weighted by Gasteiger charge is 2.18. The lowest BCUT2D eigenvalue weighted by Crippen LogP contribution is -2.14. The number of nitro groups is 1. The number of fused-ring (bicyclic) bond motifs is 2. The third-order valence-electron chi connectivity index (χ3n) is 3.33. The molecule has 3 aromatic rings. The molecule has 0 radical (unpaired) electrons. The number of nitrogens with one attached hydrogen (secondary N) is 1. The molecule has 2 aromatic carbocycles. The van der Waals surface area contributed by atoms with E-state index < -0.39 is 0 Å². The van der Waals surface area contributed by atoms with Gasteiger partial charge in [0.15, 0.2) is 0 Å². The lowest BCUT2D eigenvalue weighted by molar-refractivity contribution is -0.383. The van der Waals surface area contributed by atoms with Gasteiger partial charge in [0.25, 0.3) is 5.69 Å². The van der Waals surface area contributed by atoms with Gasteiger partial charge in [-0.05, 0) is 12.1 Å². The zero-order valence-corrected chi connectivity index (χ0v) is 11.2. The molecule has 0 saturated carbocycles. The zero-order valence-electron chi connectivity index (χ0n) is 11.2. The first-order valence-electron chi connectivity index (χ1n) is 6.62. The van der Waals surface area contributed by atoms with Crippen molar-refractivity contribution in [2.45, 2.75) is 0 Å². The second-order valence-electron chi connectivity index (χ2n) is 4.65. The molecule has 0 amide bonds. The summed E-state index contributed by atoms with van der Waals surface area (Å²) in [7, 11) is 0. The summed E-state index contributed by atoms with van der Waals surface area (Å²) in [5.74, 6) is 0. The van der Waals surface area contributed by atoms with E-state index in [0.717, 1.165) is 10.9 Å². The monoisotopic (exact) mass is 282 g/mol. The molecule has 6 heteroatoms. The topological polar surface area (TPSA) is 94.1 Å². The standard InChI is InChI=1S/C15H14N4O2/c16-8-9-17-15-10-4-1-2-5-11(10)18-12-6-3-7-13(14(12)15)19(20)21/h1-7H,8-9,16H2,(H,17,18). The van der Waals surface area contributed by atoms with Crippen molar-refractivity contribution in [1.29, 1.82) is 0 Å². The number of benzene rings is 2. The summed E-state index contributed by atoms with van der Waals surface area (Å²) in [5, 5.41) is 15.9. The van der Waals surface area contributed by atoms with Gasteiger partial charge >= 0.3 is 0 Å². The van der Waals surface area contributed by atoms with Crippen molar-refractivity contribution in [3.05, 3.63) is 52.6 Å². The fourth-order valence-electron chi connectivity index (χ4n) is 2.46. The van der Waals surface area contributed by atoms with Crippen LogP contribution in [0.5, 0.6) is 0 Å². The van der Waals surface area contributed by atoms with E-state index in [1.807, 2.05) is 24.3 Å². The van der Waals surface area contributed by atoms with Crippen LogP contribution in [-0.4, -0.2) is 23.0 Å². The maximum absolute atomic E-state index is 11.3. The highest BCUT2D eigenvalue weighted by molar-refractivity contribution is 6.11. The first-order chi connectivity index (χ1) is 10.2. The van der Waals surface area contributed by atoms with E-state index in [9.17, 15) is 10.1 Å². The largest absolute Gasteiger partial charge is 0.382 e. The van der Waals surface area contributed by atoms with E-state index >= 15 is 0 Å². The van der Waals surface area contributed by atoms with Gasteiger partial charge in [0.05, 0.1) is 21.6 Å². The van der Waals surface area contributed by atoms with E-state index in [1.54, 1.807) is 12.1 Å². The minimum absolute atomic E-state index is 0.0466. The Morgan fingerprint density at radius 2 is 1.90 bits per heavy atom. The molecule has 0 fully saturated rings. The summed E-state index contributed by atoms with van der Waals surface area (Å²) >= 11 is 0. The van der Waals surface area contributed by atoms with Crippen LogP contribution >= 0.6 is 0 Å². The van der Waals surface area contributed by atoms with Crippen LogP contribution in [0.25, 0.3) is 21.8 Å². The quantitative estimate of drug-likeness (QED) is 0.436. The Labute approximate surface area is 120 Å². The number of hydrogen-bond donors (Lipinski definition) is 2. The van der Waals surface area contributed by atoms with Crippen LogP contribution in [0.15, 0.2) is 42.5 Å². The molecule has 0 aliphatic rings. The Morgan fingerprint density at radius 3 is 2.67 bits per heavy atom. The van der Waals surface area contributed by atoms with Crippen LogP contribution in [0.1, 0.15) is 0 Å². The molecule has 106 valence electrons. The number of nitrogens with zero attached hydrogens (tertiary/aromatic N) is 2. The van der Waals surface area contributed by atoms with E-state index in [2.05, 4.69) is 10.3 Å². The predicted octanol–water partition coefficient (Wildman–Crippen LogP) is 2.67. The van der Waals surface area contributed by atoms with Crippen molar-refractivity contribution in [1.82, 2.24) is 4.98 Å². The van der Waals surface area contributed by atoms with E-state index in [1.165, 1.54) is 6.07 Å². The number of nitro benzene ring substituents is 1. The Hall–Kier alpha value is -2.73. The van der Waals surface area contributed by atoms with Crippen molar-refractivity contribution in [2.75, 3.05) is 18.4 Å². The lowest BCUT2D eigenvalue weighted by Gasteiger charge is -2.12. The molecular formula is C15H14N4O2. The Balaban J connectivity index is 2.43. The minimum atomic E-state index is -0.383. The molecule has 0 atom stereocenters. The number of non-ortho nitro benzene ring substituents is 1. The van der Waals surface area contributed by atoms with Crippen molar-refractivity contribution < 1.29 is 4.92 Å². The number of aromatic nitrogens is 1. The summed E-state index contributed by atoms with van der Waals surface area (Å²) in [4.78, 5) is 15.4. The average Bonchev–Trinajstić information content (AvgIpc) is 2.50. The number of para-hydroxylation sites is 1. The van der Waals surface area contributed by atoms with Gasteiger partial charge in [-0.15, -0.1) is 0 Å². The fraction of sp³-hybridized carbons (Fsp3) is 0.133. The van der Waals surface area contributed by atoms with Crippen molar-refractivity contribution in [3.8, 4) is 0 Å². The highest BCUT2D eigenvalue weighted by atomic mass is 16.6. The first kappa shape index (κ1) is 13.3. The molecule has 21 heavy (non-hydrogen) atoms. The van der Waals surface area contributed by atoms with Crippen molar-refractivity contribution in [2.24, 2.45) is 5.73 Å². The van der Waals surface area contributed by atoms with Gasteiger partial charge in [-0.3, -0.25) is 10.1 Å². The second-order valence-corrected chi connectivity index (χ2v) is 4.65. The van der Waals surface area contributed by atoms with Crippen LogP contribution < -0.4 is 11.1 Å². The normalized spacial score (nSPS) is 10.9. The summed E-state index contributed by atoms with van der Waals surface area (Å²) in [5.41, 5.74) is 7.71. The Bertz CT molecular complexity index is 832. The molecular weight excluding hydrogens is 268 g/mol. The van der Waals surface area contributed by atoms with Crippen LogP contribution in [-0.2, 0) is 0 Å². The molecule has 1 heterocycles. The summed E-state index contributed by atoms with van der Waals surface area (Å²) in [6.45, 7) is 0.980. The second kappa shape index (κ2) is 5.34. The van der Waals surface area contributed by atoms with Gasteiger partial charge in [0, 0.05) is 24.5 Å². The van der Waals surface area contributed by atoms with Gasteiger partial charge < -0.3 is 11.1 Å². The van der Waals surface area contributed by atoms with Gasteiger partial charge in [-0.1, -0.05) is 24.3 Å². The van der Waals surface area contributed by atoms with E-state index in [4.69, 9.17) is 5.73 Å². The average molecular weight is 282 g/mol. The third-order valence-corrected chi connectivity index (χ3v) is 3.33. The van der Waals surface area contributed by atoms with Gasteiger partial charge in [0.2, 0.25) is 0 Å². The van der Waals surface area contributed by atoms with E-state index in [0.29, 0.717) is 29.7 Å². The number of hydrogen-bond acceptors (Lipinski definition) is 5. The molecule has 1 aromatic heterocycles. The highest BCUT2D eigenvalue weighted by Crippen LogP contribution is 2.36. The van der Waals surface area contributed by atoms with Crippen LogP contribution in [0.4, 0.5) is 11.4 Å². The number of pyridine rings is 1. The Kier molecular flexibility index (Phi) is 3.37. The predicted molar refractivity (Wildman–Crippen MR) is 83.4 cm³/mol. The lowest BCUT2D eigenvalue weighted by atomic mass is 10.1. The maximum Gasteiger partial charge on any atom is 0.280 e. The Morgan fingerprint density at radius 1 is 1.14 bits per heavy atom. The SMILES string of the molecule is NCCNc1c2ccccc2nc2cccc([N+](=O)[O-])c12. The van der Waals surface area contributed by atoms with Crippen molar-refractivity contribution in [3.63, 3.8) is 0 Å². The fourth-order valence-corrected chi connectivity index (χ4v) is 2.46. The number of rotatable bonds is 4. The number of anilines is 1. The molecule has 0 saturated heterocycles. The molecule has 3 N–H and O–H groups in total. The molecule has 0 spiro atoms. The number of nitrogens with two attached hydrogens (primary N) is 1. The summed E-state index contributed by atoms with van der Waals surface area (Å²) in [6, 6.07) is 12.5. The summed E-state index contributed by atoms with van der Waals surface area (Å²) < 4.78 is 0. The molecule has 0 aliphatic heterocycles. The maximum atomic E-state index is 11.3. The van der Waals surface area contributed by atoms with Gasteiger partial charge in [-0.2, -0.15) is 0 Å². The third kappa shape index (κ3) is 2.25. The van der Waals surface area contributed by atoms with Crippen LogP contribution in [0.3, 0.4) is 0 Å². The van der Waals surface area contributed by atoms with Gasteiger partial charge in [0.1, 0.15) is 5.39 Å². The molecule has 6 nitrogen and oxygen atoms in total. The molecule has 0 bridgehead atoms. The van der Waals surface area contributed by atoms with Crippen molar-refractivity contribution >= 4 is 33.2 Å². The molecule has 0 unspecified atom stereocenters. The van der Waals surface area contributed by atoms with Crippen LogP contribution in [0.2, 0.25) is 0 Å². The van der Waals surface area contributed by atoms with E-state index in [-0.39, 0.29) is 10.6 Å². The smallest absolute Gasteiger partial charge is 0.280 e. The molecule has 0 aliphatic carbocycles. The minimum Gasteiger partial charge on any atom is -0.382 e. The zero-order chi connectivity index (χ0) is 14.8. The van der Waals surface area contributed by atoms with Gasteiger partial charge in [-0.25, -0.2) is 4.98 Å².